The highest BCUT2D eigenvalue weighted by molar-refractivity contribution is 7.92. The van der Waals surface area contributed by atoms with Crippen LogP contribution in [0.15, 0.2) is 66.1 Å². The van der Waals surface area contributed by atoms with Gasteiger partial charge in [-0.25, -0.2) is 13.4 Å². The fourth-order valence-electron chi connectivity index (χ4n) is 2.87. The van der Waals surface area contributed by atoms with Crippen LogP contribution in [-0.2, 0) is 16.6 Å². The number of imidazole rings is 1. The lowest BCUT2D eigenvalue weighted by Crippen LogP contribution is -2.35. The summed E-state index contributed by atoms with van der Waals surface area (Å²) >= 11 is 0. The van der Waals surface area contributed by atoms with Gasteiger partial charge in [0.05, 0.1) is 11.2 Å². The second-order valence-corrected chi connectivity index (χ2v) is 8.75. The number of anilines is 1. The van der Waals surface area contributed by atoms with Crippen molar-refractivity contribution >= 4 is 21.6 Å². The summed E-state index contributed by atoms with van der Waals surface area (Å²) < 4.78 is 29.7. The smallest absolute Gasteiger partial charge is 0.261 e. The van der Waals surface area contributed by atoms with Crippen LogP contribution in [0.25, 0.3) is 0 Å². The normalized spacial score (nSPS) is 12.4. The van der Waals surface area contributed by atoms with Crippen molar-refractivity contribution < 1.29 is 13.2 Å². The fraction of sp³-hybridized carbons (Fsp3) is 0.238. The molecule has 1 unspecified atom stereocenters. The van der Waals surface area contributed by atoms with Crippen molar-refractivity contribution in [3.63, 3.8) is 0 Å². The van der Waals surface area contributed by atoms with Crippen molar-refractivity contribution in [2.45, 2.75) is 38.3 Å². The topological polar surface area (TPSA) is 93.1 Å². The molecule has 0 aliphatic heterocycles. The summed E-state index contributed by atoms with van der Waals surface area (Å²) in [4.78, 5) is 16.5. The number of aryl methyl sites for hydroxylation is 2. The van der Waals surface area contributed by atoms with E-state index in [0.717, 1.165) is 11.1 Å². The molecule has 1 heterocycles. The van der Waals surface area contributed by atoms with Crippen LogP contribution in [0.3, 0.4) is 0 Å². The number of hydrogen-bond donors (Lipinski definition) is 2. The van der Waals surface area contributed by atoms with Gasteiger partial charge in [0.25, 0.3) is 15.9 Å². The second-order valence-electron chi connectivity index (χ2n) is 7.06. The van der Waals surface area contributed by atoms with Crippen LogP contribution >= 0.6 is 0 Å². The fourth-order valence-corrected chi connectivity index (χ4v) is 3.92. The number of hydrogen-bond acceptors (Lipinski definition) is 4. The first-order chi connectivity index (χ1) is 13.7. The van der Waals surface area contributed by atoms with E-state index in [1.165, 1.54) is 24.3 Å². The summed E-state index contributed by atoms with van der Waals surface area (Å²) in [5.41, 5.74) is 2.99. The molecule has 0 bridgehead atoms. The average molecular weight is 413 g/mol. The lowest BCUT2D eigenvalue weighted by Gasteiger charge is -2.15. The molecule has 2 aromatic carbocycles. The van der Waals surface area contributed by atoms with E-state index in [1.54, 1.807) is 24.7 Å². The predicted octanol–water partition coefficient (Wildman–Crippen LogP) is 3.12. The van der Waals surface area contributed by atoms with Gasteiger partial charge < -0.3 is 9.88 Å². The maximum absolute atomic E-state index is 12.6. The molecule has 1 aromatic heterocycles. The number of carbonyl (C=O) groups is 1. The van der Waals surface area contributed by atoms with Gasteiger partial charge in [0.1, 0.15) is 0 Å². The van der Waals surface area contributed by atoms with Crippen LogP contribution in [-0.4, -0.2) is 29.9 Å². The first-order valence-corrected chi connectivity index (χ1v) is 10.7. The highest BCUT2D eigenvalue weighted by Gasteiger charge is 2.16. The van der Waals surface area contributed by atoms with Crippen LogP contribution in [0.5, 0.6) is 0 Å². The lowest BCUT2D eigenvalue weighted by atomic mass is 10.1. The van der Waals surface area contributed by atoms with Crippen molar-refractivity contribution in [1.82, 2.24) is 14.9 Å². The Morgan fingerprint density at radius 1 is 1.10 bits per heavy atom. The standard InChI is InChI=1S/C21H24N4O3S/c1-15-4-7-19(12-16(15)2)24-29(27,28)20-8-5-18(6-9-20)21(26)23-17(3)13-25-11-10-22-14-25/h4-12,14,17,24H,13H2,1-3H3,(H,23,26). The monoisotopic (exact) mass is 412 g/mol. The Morgan fingerprint density at radius 2 is 1.83 bits per heavy atom. The molecule has 1 amide bonds. The Bertz CT molecular complexity index is 1090. The quantitative estimate of drug-likeness (QED) is 0.624. The maximum atomic E-state index is 12.6. The van der Waals surface area contributed by atoms with Crippen LogP contribution in [0.1, 0.15) is 28.4 Å². The van der Waals surface area contributed by atoms with Gasteiger partial charge >= 0.3 is 0 Å². The van der Waals surface area contributed by atoms with Gasteiger partial charge in [0.2, 0.25) is 0 Å². The summed E-state index contributed by atoms with van der Waals surface area (Å²) in [7, 11) is -3.73. The third kappa shape index (κ3) is 5.23. The molecule has 152 valence electrons. The average Bonchev–Trinajstić information content (AvgIpc) is 3.17. The van der Waals surface area contributed by atoms with Crippen molar-refractivity contribution in [3.8, 4) is 0 Å². The van der Waals surface area contributed by atoms with Crippen molar-refractivity contribution in [1.29, 1.82) is 0 Å². The molecule has 1 atom stereocenters. The number of benzene rings is 2. The molecule has 3 aromatic rings. The summed E-state index contributed by atoms with van der Waals surface area (Å²) in [5, 5.41) is 2.89. The Hall–Kier alpha value is -3.13. The van der Waals surface area contributed by atoms with E-state index in [0.29, 0.717) is 17.8 Å². The van der Waals surface area contributed by atoms with E-state index in [-0.39, 0.29) is 16.8 Å². The minimum Gasteiger partial charge on any atom is -0.348 e. The Morgan fingerprint density at radius 3 is 2.45 bits per heavy atom. The highest BCUT2D eigenvalue weighted by Crippen LogP contribution is 2.19. The maximum Gasteiger partial charge on any atom is 0.261 e. The molecule has 7 nitrogen and oxygen atoms in total. The third-order valence-electron chi connectivity index (χ3n) is 4.61. The van der Waals surface area contributed by atoms with E-state index >= 15 is 0 Å². The molecule has 0 aliphatic rings. The molecule has 0 fully saturated rings. The van der Waals surface area contributed by atoms with Crippen molar-refractivity contribution in [2.24, 2.45) is 0 Å². The minimum atomic E-state index is -3.73. The molecule has 0 radical (unpaired) electrons. The van der Waals surface area contributed by atoms with Gasteiger partial charge in [0.15, 0.2) is 0 Å². The molecular formula is C21H24N4O3S. The predicted molar refractivity (Wildman–Crippen MR) is 112 cm³/mol. The molecule has 8 heteroatoms. The van der Waals surface area contributed by atoms with Gasteiger partial charge in [-0.2, -0.15) is 0 Å². The zero-order valence-corrected chi connectivity index (χ0v) is 17.4. The first-order valence-electron chi connectivity index (χ1n) is 9.21. The van der Waals surface area contributed by atoms with Gasteiger partial charge in [-0.1, -0.05) is 6.07 Å². The van der Waals surface area contributed by atoms with E-state index in [2.05, 4.69) is 15.0 Å². The zero-order valence-electron chi connectivity index (χ0n) is 16.6. The summed E-state index contributed by atoms with van der Waals surface area (Å²) in [6.45, 7) is 6.38. The number of nitrogens with one attached hydrogen (secondary N) is 2. The molecule has 0 saturated carbocycles. The van der Waals surface area contributed by atoms with Crippen molar-refractivity contribution in [3.05, 3.63) is 77.9 Å². The Balaban J connectivity index is 1.66. The molecule has 0 saturated heterocycles. The molecule has 0 aliphatic carbocycles. The minimum absolute atomic E-state index is 0.0961. The number of aromatic nitrogens is 2. The largest absolute Gasteiger partial charge is 0.348 e. The summed E-state index contributed by atoms with van der Waals surface area (Å²) in [6, 6.07) is 11.2. The Kier molecular flexibility index (Phi) is 6.03. The van der Waals surface area contributed by atoms with Gasteiger partial charge in [0, 0.05) is 36.2 Å². The number of sulfonamides is 1. The van der Waals surface area contributed by atoms with Crippen LogP contribution in [0.2, 0.25) is 0 Å². The van der Waals surface area contributed by atoms with Crippen LogP contribution in [0, 0.1) is 13.8 Å². The Labute approximate surface area is 170 Å². The van der Waals surface area contributed by atoms with E-state index in [1.807, 2.05) is 37.6 Å². The van der Waals surface area contributed by atoms with Crippen molar-refractivity contribution in [2.75, 3.05) is 4.72 Å². The molecule has 29 heavy (non-hydrogen) atoms. The number of carbonyl (C=O) groups excluding carboxylic acids is 1. The van der Waals surface area contributed by atoms with Crippen LogP contribution < -0.4 is 10.0 Å². The zero-order chi connectivity index (χ0) is 21.0. The molecule has 0 spiro atoms. The lowest BCUT2D eigenvalue weighted by molar-refractivity contribution is 0.0936. The van der Waals surface area contributed by atoms with Gasteiger partial charge in [-0.05, 0) is 68.3 Å². The summed E-state index contributed by atoms with van der Waals surface area (Å²) in [5.74, 6) is -0.260. The van der Waals surface area contributed by atoms with Gasteiger partial charge in [-0.3, -0.25) is 9.52 Å². The van der Waals surface area contributed by atoms with E-state index < -0.39 is 10.0 Å². The number of rotatable bonds is 7. The second kappa shape index (κ2) is 8.48. The summed E-state index contributed by atoms with van der Waals surface area (Å²) in [6.07, 6.45) is 5.19. The SMILES string of the molecule is Cc1ccc(NS(=O)(=O)c2ccc(C(=O)NC(C)Cn3ccnc3)cc2)cc1C. The van der Waals surface area contributed by atoms with Crippen LogP contribution in [0.4, 0.5) is 5.69 Å². The number of amides is 1. The van der Waals surface area contributed by atoms with E-state index in [9.17, 15) is 13.2 Å². The highest BCUT2D eigenvalue weighted by atomic mass is 32.2. The molecule has 2 N–H and O–H groups in total. The third-order valence-corrected chi connectivity index (χ3v) is 6.00. The van der Waals surface area contributed by atoms with E-state index in [4.69, 9.17) is 0 Å². The number of nitrogens with zero attached hydrogens (tertiary/aromatic N) is 2. The van der Waals surface area contributed by atoms with Gasteiger partial charge in [-0.15, -0.1) is 0 Å². The first kappa shape index (κ1) is 20.6. The molecular weight excluding hydrogens is 388 g/mol. The molecule has 3 rings (SSSR count).